The lowest BCUT2D eigenvalue weighted by atomic mass is 9.94. The van der Waals surface area contributed by atoms with E-state index in [1.807, 2.05) is 24.3 Å². The third-order valence-electron chi connectivity index (χ3n) is 6.62. The Balaban J connectivity index is 1.56. The van der Waals surface area contributed by atoms with Crippen LogP contribution in [0.1, 0.15) is 54.0 Å². The average Bonchev–Trinajstić information content (AvgIpc) is 2.88. The van der Waals surface area contributed by atoms with E-state index in [0.29, 0.717) is 17.7 Å². The fraction of sp³-hybridized carbons (Fsp3) is 0.375. The van der Waals surface area contributed by atoms with Crippen molar-refractivity contribution in [2.45, 2.75) is 50.0 Å². The van der Waals surface area contributed by atoms with E-state index in [1.165, 1.54) is 18.4 Å². The molecule has 0 amide bonds. The maximum atomic E-state index is 9.74. The van der Waals surface area contributed by atoms with Crippen LogP contribution in [-0.2, 0) is 4.74 Å². The van der Waals surface area contributed by atoms with Crippen molar-refractivity contribution in [1.29, 1.82) is 5.26 Å². The van der Waals surface area contributed by atoms with Crippen LogP contribution in [0.5, 0.6) is 0 Å². The highest BCUT2D eigenvalue weighted by Gasteiger charge is 2.40. The summed E-state index contributed by atoms with van der Waals surface area (Å²) in [5.74, 6) is 0. The van der Waals surface area contributed by atoms with E-state index in [2.05, 4.69) is 48.3 Å². The smallest absolute Gasteiger partial charge is 0.109 e. The maximum absolute atomic E-state index is 9.74. The maximum Gasteiger partial charge on any atom is 0.109 e. The first-order chi connectivity index (χ1) is 13.2. The van der Waals surface area contributed by atoms with Gasteiger partial charge in [0.05, 0.1) is 17.7 Å². The third-order valence-corrected chi connectivity index (χ3v) is 6.62. The van der Waals surface area contributed by atoms with Crippen LogP contribution in [-0.4, -0.2) is 30.1 Å². The van der Waals surface area contributed by atoms with E-state index >= 15 is 0 Å². The third kappa shape index (κ3) is 2.81. The Hall–Kier alpha value is -2.41. The van der Waals surface area contributed by atoms with E-state index < -0.39 is 0 Å². The van der Waals surface area contributed by atoms with Gasteiger partial charge in [0.25, 0.3) is 0 Å². The molecule has 27 heavy (non-hydrogen) atoms. The minimum absolute atomic E-state index is 0.118. The van der Waals surface area contributed by atoms with Crippen molar-refractivity contribution in [1.82, 2.24) is 4.90 Å². The molecule has 0 radical (unpaired) electrons. The standard InChI is InChI=1S/C24H24N2O/c1-26-18-10-11-19(26)14-20(13-18)27-24-22-8-3-2-6-16(22)12-17(15-25)21-7-4-5-9-23(21)24/h2-9,12,18-20,24H,10-11,13-14H2,1H3. The molecule has 2 aromatic rings. The van der Waals surface area contributed by atoms with Crippen molar-refractivity contribution in [2.24, 2.45) is 0 Å². The quantitative estimate of drug-likeness (QED) is 0.776. The van der Waals surface area contributed by atoms with Crippen LogP contribution in [0.15, 0.2) is 48.5 Å². The molecule has 2 aliphatic heterocycles. The Morgan fingerprint density at radius 3 is 2.37 bits per heavy atom. The summed E-state index contributed by atoms with van der Waals surface area (Å²) in [4.78, 5) is 2.55. The van der Waals surface area contributed by atoms with Crippen molar-refractivity contribution in [3.8, 4) is 6.07 Å². The molecule has 0 saturated carbocycles. The summed E-state index contributed by atoms with van der Waals surface area (Å²) >= 11 is 0. The number of nitriles is 1. The molecule has 0 spiro atoms. The van der Waals surface area contributed by atoms with E-state index in [-0.39, 0.29) is 12.2 Å². The van der Waals surface area contributed by atoms with Crippen molar-refractivity contribution in [3.63, 3.8) is 0 Å². The van der Waals surface area contributed by atoms with Gasteiger partial charge in [-0.1, -0.05) is 48.5 Å². The Kier molecular flexibility index (Phi) is 4.11. The van der Waals surface area contributed by atoms with Gasteiger partial charge in [0.15, 0.2) is 0 Å². The zero-order valence-corrected chi connectivity index (χ0v) is 15.6. The fourth-order valence-electron chi connectivity index (χ4n) is 5.16. The molecule has 5 rings (SSSR count). The van der Waals surface area contributed by atoms with E-state index in [4.69, 9.17) is 4.74 Å². The predicted octanol–water partition coefficient (Wildman–Crippen LogP) is 4.80. The van der Waals surface area contributed by atoms with E-state index in [0.717, 1.165) is 29.5 Å². The van der Waals surface area contributed by atoms with Crippen LogP contribution in [0.2, 0.25) is 0 Å². The highest BCUT2D eigenvalue weighted by Crippen LogP contribution is 2.42. The summed E-state index contributed by atoms with van der Waals surface area (Å²) in [6, 6.07) is 20.3. The van der Waals surface area contributed by atoms with Gasteiger partial charge >= 0.3 is 0 Å². The minimum Gasteiger partial charge on any atom is -0.365 e. The van der Waals surface area contributed by atoms with Crippen LogP contribution in [0, 0.1) is 11.3 Å². The number of piperidine rings is 1. The van der Waals surface area contributed by atoms with Gasteiger partial charge in [0, 0.05) is 12.1 Å². The molecular formula is C24H24N2O. The zero-order valence-electron chi connectivity index (χ0n) is 15.6. The predicted molar refractivity (Wildman–Crippen MR) is 107 cm³/mol. The van der Waals surface area contributed by atoms with Crippen molar-refractivity contribution >= 4 is 11.6 Å². The lowest BCUT2D eigenvalue weighted by Crippen LogP contribution is -2.43. The monoisotopic (exact) mass is 356 g/mol. The Morgan fingerprint density at radius 2 is 1.63 bits per heavy atom. The van der Waals surface area contributed by atoms with E-state index in [9.17, 15) is 5.26 Å². The normalized spacial score (nSPS) is 29.3. The van der Waals surface area contributed by atoms with Crippen molar-refractivity contribution < 1.29 is 4.74 Å². The number of nitrogens with zero attached hydrogens (tertiary/aromatic N) is 2. The lowest BCUT2D eigenvalue weighted by molar-refractivity contribution is -0.0427. The number of hydrogen-bond donors (Lipinski definition) is 0. The molecule has 2 heterocycles. The molecule has 136 valence electrons. The van der Waals surface area contributed by atoms with Gasteiger partial charge in [-0.05, 0) is 61.1 Å². The molecule has 3 heteroatoms. The summed E-state index contributed by atoms with van der Waals surface area (Å²) in [6.45, 7) is 0. The summed E-state index contributed by atoms with van der Waals surface area (Å²) < 4.78 is 6.82. The van der Waals surface area contributed by atoms with Gasteiger partial charge in [0.2, 0.25) is 0 Å². The Bertz CT molecular complexity index is 927. The van der Waals surface area contributed by atoms with Crippen molar-refractivity contribution in [3.05, 3.63) is 70.8 Å². The number of hydrogen-bond acceptors (Lipinski definition) is 3. The molecule has 2 fully saturated rings. The van der Waals surface area contributed by atoms with Crippen LogP contribution in [0.25, 0.3) is 11.6 Å². The number of fused-ring (bicyclic) bond motifs is 4. The molecule has 1 aliphatic carbocycles. The SMILES string of the molecule is CN1C2CCC1CC(OC1c3ccccc3C=C(C#N)c3ccccc31)C2. The molecule has 2 saturated heterocycles. The van der Waals surface area contributed by atoms with Crippen molar-refractivity contribution in [2.75, 3.05) is 7.05 Å². The van der Waals surface area contributed by atoms with Gasteiger partial charge in [0.1, 0.15) is 6.10 Å². The Morgan fingerprint density at radius 1 is 0.963 bits per heavy atom. The van der Waals surface area contributed by atoms with Gasteiger partial charge in [-0.15, -0.1) is 0 Å². The largest absolute Gasteiger partial charge is 0.365 e. The second-order valence-corrected chi connectivity index (χ2v) is 8.05. The second kappa shape index (κ2) is 6.64. The van der Waals surface area contributed by atoms with Crippen LogP contribution in [0.3, 0.4) is 0 Å². The average molecular weight is 356 g/mol. The molecule has 0 N–H and O–H groups in total. The van der Waals surface area contributed by atoms with E-state index in [1.54, 1.807) is 0 Å². The number of allylic oxidation sites excluding steroid dienone is 1. The topological polar surface area (TPSA) is 36.3 Å². The fourth-order valence-corrected chi connectivity index (χ4v) is 5.16. The minimum atomic E-state index is -0.118. The van der Waals surface area contributed by atoms with Gasteiger partial charge < -0.3 is 9.64 Å². The summed E-state index contributed by atoms with van der Waals surface area (Å²) in [6.07, 6.45) is 6.95. The number of benzene rings is 2. The Labute approximate surface area is 160 Å². The first-order valence-corrected chi connectivity index (χ1v) is 9.92. The summed E-state index contributed by atoms with van der Waals surface area (Å²) in [7, 11) is 2.26. The second-order valence-electron chi connectivity index (χ2n) is 8.05. The van der Waals surface area contributed by atoms with Gasteiger partial charge in [-0.25, -0.2) is 0 Å². The van der Waals surface area contributed by atoms with Gasteiger partial charge in [-0.2, -0.15) is 5.26 Å². The molecule has 2 aromatic carbocycles. The number of rotatable bonds is 2. The van der Waals surface area contributed by atoms with Crippen LogP contribution >= 0.6 is 0 Å². The molecule has 0 aromatic heterocycles. The highest BCUT2D eigenvalue weighted by atomic mass is 16.5. The summed E-state index contributed by atoms with van der Waals surface area (Å²) in [5.41, 5.74) is 5.08. The molecule has 2 bridgehead atoms. The highest BCUT2D eigenvalue weighted by molar-refractivity contribution is 5.92. The molecule has 3 aliphatic rings. The molecular weight excluding hydrogens is 332 g/mol. The first kappa shape index (κ1) is 16.7. The van der Waals surface area contributed by atoms with Crippen LogP contribution < -0.4 is 0 Å². The zero-order chi connectivity index (χ0) is 18.4. The number of ether oxygens (including phenoxy) is 1. The molecule has 3 atom stereocenters. The van der Waals surface area contributed by atoms with Gasteiger partial charge in [-0.3, -0.25) is 0 Å². The molecule has 3 nitrogen and oxygen atoms in total. The summed E-state index contributed by atoms with van der Waals surface area (Å²) in [5, 5.41) is 9.74. The van der Waals surface area contributed by atoms with Crippen LogP contribution in [0.4, 0.5) is 0 Å². The first-order valence-electron chi connectivity index (χ1n) is 9.92. The lowest BCUT2D eigenvalue weighted by Gasteiger charge is -2.38. The molecule has 3 unspecified atom stereocenters.